The second kappa shape index (κ2) is 5.57. The number of carbonyl (C=O) groups excluding carboxylic acids is 1. The molecule has 1 amide bonds. The summed E-state index contributed by atoms with van der Waals surface area (Å²) in [6.07, 6.45) is 5.70. The second-order valence-electron chi connectivity index (χ2n) is 6.23. The Morgan fingerprint density at radius 2 is 2.15 bits per heavy atom. The van der Waals surface area contributed by atoms with Crippen LogP contribution in [0.2, 0.25) is 0 Å². The zero-order valence-electron chi connectivity index (χ0n) is 12.2. The van der Waals surface area contributed by atoms with Gasteiger partial charge in [-0.15, -0.1) is 0 Å². The molecule has 0 bridgehead atoms. The Kier molecular flexibility index (Phi) is 3.79. The highest BCUT2D eigenvalue weighted by Crippen LogP contribution is 2.44. The van der Waals surface area contributed by atoms with Crippen LogP contribution < -0.4 is 10.6 Å². The smallest absolute Gasteiger partial charge is 0.232 e. The van der Waals surface area contributed by atoms with Gasteiger partial charge in [0.05, 0.1) is 5.41 Å². The van der Waals surface area contributed by atoms with Crippen molar-refractivity contribution in [1.82, 2.24) is 5.32 Å². The molecule has 2 N–H and O–H groups in total. The molecule has 1 saturated heterocycles. The van der Waals surface area contributed by atoms with Crippen molar-refractivity contribution in [1.29, 1.82) is 0 Å². The lowest BCUT2D eigenvalue weighted by atomic mass is 9.67. The lowest BCUT2D eigenvalue weighted by molar-refractivity contribution is -0.128. The molecule has 0 spiro atoms. The maximum Gasteiger partial charge on any atom is 0.232 e. The van der Waals surface area contributed by atoms with E-state index in [2.05, 4.69) is 29.7 Å². The van der Waals surface area contributed by atoms with E-state index < -0.39 is 0 Å². The first-order valence-electron chi connectivity index (χ1n) is 7.86. The second-order valence-corrected chi connectivity index (χ2v) is 6.23. The molecule has 3 heteroatoms. The van der Waals surface area contributed by atoms with E-state index in [9.17, 15) is 4.79 Å². The molecule has 2 fully saturated rings. The molecule has 1 aliphatic carbocycles. The average molecular weight is 272 g/mol. The third kappa shape index (κ3) is 2.35. The average Bonchev–Trinajstić information content (AvgIpc) is 2.93. The number of aryl methyl sites for hydroxylation is 1. The summed E-state index contributed by atoms with van der Waals surface area (Å²) in [5.74, 6) is 0.739. The van der Waals surface area contributed by atoms with E-state index in [0.717, 1.165) is 31.6 Å². The molecule has 1 aliphatic heterocycles. The molecule has 1 aromatic rings. The van der Waals surface area contributed by atoms with Crippen molar-refractivity contribution in [2.24, 2.45) is 11.3 Å². The summed E-state index contributed by atoms with van der Waals surface area (Å²) in [6.45, 7) is 3.99. The molecule has 1 heterocycles. The topological polar surface area (TPSA) is 41.1 Å². The zero-order valence-corrected chi connectivity index (χ0v) is 12.2. The van der Waals surface area contributed by atoms with Gasteiger partial charge < -0.3 is 10.6 Å². The molecule has 20 heavy (non-hydrogen) atoms. The van der Waals surface area contributed by atoms with Gasteiger partial charge in [0.15, 0.2) is 0 Å². The number of nitrogens with one attached hydrogen (secondary N) is 2. The number of anilines is 1. The van der Waals surface area contributed by atoms with Gasteiger partial charge in [0.2, 0.25) is 5.91 Å². The predicted octanol–water partition coefficient (Wildman–Crippen LogP) is 2.97. The van der Waals surface area contributed by atoms with E-state index in [0.29, 0.717) is 5.92 Å². The van der Waals surface area contributed by atoms with Crippen LogP contribution in [0.3, 0.4) is 0 Å². The third-order valence-corrected chi connectivity index (χ3v) is 5.11. The fourth-order valence-electron chi connectivity index (χ4n) is 3.77. The van der Waals surface area contributed by atoms with Crippen LogP contribution in [0.25, 0.3) is 0 Å². The van der Waals surface area contributed by atoms with E-state index in [1.807, 2.05) is 12.1 Å². The van der Waals surface area contributed by atoms with Crippen molar-refractivity contribution < 1.29 is 4.79 Å². The van der Waals surface area contributed by atoms with Gasteiger partial charge in [-0.2, -0.15) is 0 Å². The first kappa shape index (κ1) is 13.6. The molecule has 3 nitrogen and oxygen atoms in total. The van der Waals surface area contributed by atoms with Crippen LogP contribution in [0.15, 0.2) is 24.3 Å². The van der Waals surface area contributed by atoms with Gasteiger partial charge in [-0.05, 0) is 49.4 Å². The van der Waals surface area contributed by atoms with E-state index in [1.54, 1.807) is 0 Å². The Hall–Kier alpha value is -1.35. The van der Waals surface area contributed by atoms with Crippen LogP contribution >= 0.6 is 0 Å². The minimum absolute atomic E-state index is 0.165. The van der Waals surface area contributed by atoms with E-state index in [-0.39, 0.29) is 11.3 Å². The number of amides is 1. The van der Waals surface area contributed by atoms with Gasteiger partial charge in [-0.25, -0.2) is 0 Å². The van der Waals surface area contributed by atoms with Gasteiger partial charge in [0.25, 0.3) is 0 Å². The van der Waals surface area contributed by atoms with Crippen molar-refractivity contribution in [3.05, 3.63) is 29.8 Å². The van der Waals surface area contributed by atoms with Gasteiger partial charge in [-0.3, -0.25) is 4.79 Å². The highest BCUT2D eigenvalue weighted by atomic mass is 16.2. The molecule has 1 saturated carbocycles. The summed E-state index contributed by atoms with van der Waals surface area (Å²) in [5.41, 5.74) is 2.07. The van der Waals surface area contributed by atoms with Crippen molar-refractivity contribution in [2.75, 3.05) is 18.4 Å². The standard InChI is InChI=1S/C17H24N2O/c1-2-13-6-8-15(9-7-13)19-16(20)17-10-4-3-5-14(17)11-18-12-17/h6-9,14,18H,2-5,10-12H2,1H3,(H,19,20)/t14-,17+/m0/s1. The van der Waals surface area contributed by atoms with Crippen LogP contribution in [-0.4, -0.2) is 19.0 Å². The first-order valence-corrected chi connectivity index (χ1v) is 7.86. The van der Waals surface area contributed by atoms with Gasteiger partial charge in [0, 0.05) is 12.2 Å². The molecular weight excluding hydrogens is 248 g/mol. The molecule has 0 radical (unpaired) electrons. The van der Waals surface area contributed by atoms with Gasteiger partial charge in [-0.1, -0.05) is 31.9 Å². The van der Waals surface area contributed by atoms with Gasteiger partial charge in [0.1, 0.15) is 0 Å². The van der Waals surface area contributed by atoms with Crippen LogP contribution in [0.4, 0.5) is 5.69 Å². The minimum atomic E-state index is -0.165. The Morgan fingerprint density at radius 1 is 1.35 bits per heavy atom. The highest BCUT2D eigenvalue weighted by molar-refractivity contribution is 5.96. The summed E-state index contributed by atoms with van der Waals surface area (Å²) in [6, 6.07) is 8.23. The summed E-state index contributed by atoms with van der Waals surface area (Å²) < 4.78 is 0. The minimum Gasteiger partial charge on any atom is -0.326 e. The molecule has 0 aromatic heterocycles. The summed E-state index contributed by atoms with van der Waals surface area (Å²) in [5, 5.41) is 6.58. The number of rotatable bonds is 3. The fourth-order valence-corrected chi connectivity index (χ4v) is 3.77. The quantitative estimate of drug-likeness (QED) is 0.888. The molecule has 3 rings (SSSR count). The maximum absolute atomic E-state index is 12.8. The number of carbonyl (C=O) groups is 1. The Balaban J connectivity index is 1.74. The fraction of sp³-hybridized carbons (Fsp3) is 0.588. The van der Waals surface area contributed by atoms with Crippen molar-refractivity contribution in [3.63, 3.8) is 0 Å². The SMILES string of the molecule is CCc1ccc(NC(=O)[C@@]23CCCC[C@H]2CNC3)cc1. The molecular formula is C17H24N2O. The lowest BCUT2D eigenvalue weighted by Crippen LogP contribution is -2.44. The Labute approximate surface area is 121 Å². The molecule has 1 aromatic carbocycles. The van der Waals surface area contributed by atoms with Crippen LogP contribution in [0, 0.1) is 11.3 Å². The van der Waals surface area contributed by atoms with Crippen molar-refractivity contribution in [2.45, 2.75) is 39.0 Å². The summed E-state index contributed by atoms with van der Waals surface area (Å²) >= 11 is 0. The number of hydrogen-bond donors (Lipinski definition) is 2. The Morgan fingerprint density at radius 3 is 2.90 bits per heavy atom. The maximum atomic E-state index is 12.8. The number of benzene rings is 1. The van der Waals surface area contributed by atoms with Gasteiger partial charge >= 0.3 is 0 Å². The third-order valence-electron chi connectivity index (χ3n) is 5.11. The van der Waals surface area contributed by atoms with E-state index in [1.165, 1.54) is 24.8 Å². The van der Waals surface area contributed by atoms with Crippen molar-refractivity contribution in [3.8, 4) is 0 Å². The molecule has 2 aliphatic rings. The van der Waals surface area contributed by atoms with Crippen molar-refractivity contribution >= 4 is 11.6 Å². The largest absolute Gasteiger partial charge is 0.326 e. The molecule has 108 valence electrons. The predicted molar refractivity (Wildman–Crippen MR) is 81.7 cm³/mol. The van der Waals surface area contributed by atoms with Crippen LogP contribution in [-0.2, 0) is 11.2 Å². The lowest BCUT2D eigenvalue weighted by Gasteiger charge is -2.37. The molecule has 0 unspecified atom stereocenters. The normalized spacial score (nSPS) is 28.9. The number of fused-ring (bicyclic) bond motifs is 1. The molecule has 2 atom stereocenters. The first-order chi connectivity index (χ1) is 9.74. The van der Waals surface area contributed by atoms with Crippen LogP contribution in [0.1, 0.15) is 38.2 Å². The van der Waals surface area contributed by atoms with E-state index >= 15 is 0 Å². The summed E-state index contributed by atoms with van der Waals surface area (Å²) in [7, 11) is 0. The summed E-state index contributed by atoms with van der Waals surface area (Å²) in [4.78, 5) is 12.8. The Bertz CT molecular complexity index is 482. The van der Waals surface area contributed by atoms with E-state index in [4.69, 9.17) is 0 Å². The monoisotopic (exact) mass is 272 g/mol. The highest BCUT2D eigenvalue weighted by Gasteiger charge is 2.49. The zero-order chi connectivity index (χ0) is 14.0. The van der Waals surface area contributed by atoms with Crippen LogP contribution in [0.5, 0.6) is 0 Å². The number of hydrogen-bond acceptors (Lipinski definition) is 2.